The van der Waals surface area contributed by atoms with Crippen molar-refractivity contribution in [2.24, 2.45) is 5.92 Å². The molecule has 2 aromatic heterocycles. The van der Waals surface area contributed by atoms with Crippen LogP contribution in [0.15, 0.2) is 12.3 Å². The molecule has 0 aliphatic heterocycles. The molecule has 0 unspecified atom stereocenters. The van der Waals surface area contributed by atoms with E-state index in [2.05, 4.69) is 15.5 Å². The van der Waals surface area contributed by atoms with E-state index in [1.54, 1.807) is 0 Å². The van der Waals surface area contributed by atoms with Crippen LogP contribution >= 0.6 is 11.6 Å². The zero-order chi connectivity index (χ0) is 14.3. The van der Waals surface area contributed by atoms with Crippen molar-refractivity contribution >= 4 is 17.2 Å². The second-order valence-electron chi connectivity index (χ2n) is 4.96. The normalized spacial score (nSPS) is 16.0. The van der Waals surface area contributed by atoms with Gasteiger partial charge in [0.25, 0.3) is 0 Å². The predicted molar refractivity (Wildman–Crippen MR) is 67.4 cm³/mol. The van der Waals surface area contributed by atoms with Gasteiger partial charge < -0.3 is 5.32 Å². The van der Waals surface area contributed by atoms with Gasteiger partial charge in [-0.05, 0) is 31.4 Å². The predicted octanol–water partition coefficient (Wildman–Crippen LogP) is 2.90. The van der Waals surface area contributed by atoms with Crippen LogP contribution < -0.4 is 5.32 Å². The molecule has 20 heavy (non-hydrogen) atoms. The number of nitrogens with zero attached hydrogens (tertiary/aromatic N) is 3. The van der Waals surface area contributed by atoms with E-state index in [-0.39, 0.29) is 10.7 Å². The molecule has 1 fully saturated rings. The van der Waals surface area contributed by atoms with Crippen LogP contribution in [-0.4, -0.2) is 21.1 Å². The third kappa shape index (κ3) is 2.73. The first kappa shape index (κ1) is 13.6. The van der Waals surface area contributed by atoms with Crippen LogP contribution in [0.3, 0.4) is 0 Å². The summed E-state index contributed by atoms with van der Waals surface area (Å²) in [4.78, 5) is 0. The van der Waals surface area contributed by atoms with Crippen molar-refractivity contribution in [1.29, 1.82) is 0 Å². The molecule has 1 aliphatic carbocycles. The first-order valence-corrected chi connectivity index (χ1v) is 6.64. The maximum Gasteiger partial charge on any atom is 0.417 e. The van der Waals surface area contributed by atoms with Gasteiger partial charge in [-0.1, -0.05) is 11.6 Å². The van der Waals surface area contributed by atoms with Gasteiger partial charge in [0.05, 0.1) is 17.1 Å². The average molecular weight is 305 g/mol. The molecule has 0 amide bonds. The van der Waals surface area contributed by atoms with Crippen LogP contribution in [0.2, 0.25) is 5.02 Å². The summed E-state index contributed by atoms with van der Waals surface area (Å²) in [7, 11) is 0. The largest absolute Gasteiger partial charge is 0.417 e. The maximum absolute atomic E-state index is 12.8. The Balaban J connectivity index is 1.89. The zero-order valence-corrected chi connectivity index (χ0v) is 11.2. The van der Waals surface area contributed by atoms with E-state index in [9.17, 15) is 13.2 Å². The molecular weight excluding hydrogens is 293 g/mol. The smallest absolute Gasteiger partial charge is 0.310 e. The lowest BCUT2D eigenvalue weighted by atomic mass is 10.2. The van der Waals surface area contributed by atoms with Gasteiger partial charge in [-0.3, -0.25) is 4.40 Å². The minimum absolute atomic E-state index is 0.0548. The number of alkyl halides is 3. The summed E-state index contributed by atoms with van der Waals surface area (Å²) in [6, 6.07) is 0.868. The topological polar surface area (TPSA) is 42.2 Å². The fourth-order valence-corrected chi connectivity index (χ4v) is 2.23. The number of nitrogens with one attached hydrogen (secondary N) is 1. The summed E-state index contributed by atoms with van der Waals surface area (Å²) in [5.74, 6) is 1.11. The van der Waals surface area contributed by atoms with Crippen LogP contribution in [0.25, 0.3) is 5.65 Å². The Morgan fingerprint density at radius 3 is 2.75 bits per heavy atom. The van der Waals surface area contributed by atoms with Gasteiger partial charge in [0, 0.05) is 6.20 Å². The standard InChI is InChI=1S/C12H12ClF3N4/c13-9-3-8(12(14,15)16)6-20-10(18-19-11(9)20)5-17-4-7-1-2-7/h3,6-7,17H,1-2,4-5H2. The fraction of sp³-hybridized carbons (Fsp3) is 0.500. The highest BCUT2D eigenvalue weighted by Crippen LogP contribution is 2.32. The maximum atomic E-state index is 12.8. The average Bonchev–Trinajstić information content (AvgIpc) is 3.09. The highest BCUT2D eigenvalue weighted by Gasteiger charge is 2.32. The second kappa shape index (κ2) is 4.89. The van der Waals surface area contributed by atoms with Crippen molar-refractivity contribution in [2.45, 2.75) is 25.6 Å². The molecule has 0 saturated heterocycles. The minimum atomic E-state index is -4.44. The molecule has 0 bridgehead atoms. The number of rotatable bonds is 4. The van der Waals surface area contributed by atoms with E-state index < -0.39 is 11.7 Å². The van der Waals surface area contributed by atoms with Gasteiger partial charge in [0.1, 0.15) is 0 Å². The molecule has 0 atom stereocenters. The molecule has 1 saturated carbocycles. The van der Waals surface area contributed by atoms with Gasteiger partial charge in [0.15, 0.2) is 11.5 Å². The van der Waals surface area contributed by atoms with E-state index in [1.807, 2.05) is 0 Å². The number of pyridine rings is 1. The Morgan fingerprint density at radius 1 is 1.35 bits per heavy atom. The first-order valence-electron chi connectivity index (χ1n) is 6.26. The summed E-state index contributed by atoms with van der Waals surface area (Å²) in [6.07, 6.45) is -1.05. The summed E-state index contributed by atoms with van der Waals surface area (Å²) >= 11 is 5.83. The van der Waals surface area contributed by atoms with Crippen LogP contribution in [0.5, 0.6) is 0 Å². The number of fused-ring (bicyclic) bond motifs is 1. The molecule has 0 spiro atoms. The van der Waals surface area contributed by atoms with Crippen molar-refractivity contribution in [3.63, 3.8) is 0 Å². The fourth-order valence-electron chi connectivity index (χ4n) is 1.99. The number of hydrogen-bond donors (Lipinski definition) is 1. The number of halogens is 4. The SMILES string of the molecule is FC(F)(F)c1cc(Cl)c2nnc(CNCC3CC3)n2c1. The Morgan fingerprint density at radius 2 is 2.10 bits per heavy atom. The van der Waals surface area contributed by atoms with Crippen LogP contribution in [0.1, 0.15) is 24.2 Å². The van der Waals surface area contributed by atoms with Crippen molar-refractivity contribution in [3.05, 3.63) is 28.7 Å². The van der Waals surface area contributed by atoms with Gasteiger partial charge in [-0.2, -0.15) is 13.2 Å². The first-order chi connectivity index (χ1) is 9.45. The van der Waals surface area contributed by atoms with Crippen LogP contribution in [-0.2, 0) is 12.7 Å². The van der Waals surface area contributed by atoms with Crippen molar-refractivity contribution in [1.82, 2.24) is 19.9 Å². The Kier molecular flexibility index (Phi) is 3.33. The van der Waals surface area contributed by atoms with E-state index in [4.69, 9.17) is 11.6 Å². The lowest BCUT2D eigenvalue weighted by Crippen LogP contribution is -2.18. The highest BCUT2D eigenvalue weighted by molar-refractivity contribution is 6.33. The molecule has 0 aromatic carbocycles. The van der Waals surface area contributed by atoms with Crippen molar-refractivity contribution in [2.75, 3.05) is 6.54 Å². The Hall–Kier alpha value is -1.34. The van der Waals surface area contributed by atoms with Gasteiger partial charge >= 0.3 is 6.18 Å². The lowest BCUT2D eigenvalue weighted by molar-refractivity contribution is -0.137. The molecule has 4 nitrogen and oxygen atoms in total. The van der Waals surface area contributed by atoms with Crippen molar-refractivity contribution < 1.29 is 13.2 Å². The zero-order valence-electron chi connectivity index (χ0n) is 10.4. The molecule has 1 N–H and O–H groups in total. The minimum Gasteiger partial charge on any atom is -0.310 e. The van der Waals surface area contributed by atoms with Crippen LogP contribution in [0.4, 0.5) is 13.2 Å². The Bertz CT molecular complexity index is 633. The summed E-state index contributed by atoms with van der Waals surface area (Å²) in [5, 5.41) is 10.8. The molecule has 8 heteroatoms. The number of hydrogen-bond acceptors (Lipinski definition) is 3. The monoisotopic (exact) mass is 304 g/mol. The molecule has 3 rings (SSSR count). The van der Waals surface area contributed by atoms with Crippen molar-refractivity contribution in [3.8, 4) is 0 Å². The van der Waals surface area contributed by atoms with E-state index in [0.29, 0.717) is 18.3 Å². The van der Waals surface area contributed by atoms with E-state index in [1.165, 1.54) is 17.2 Å². The summed E-state index contributed by atoms with van der Waals surface area (Å²) < 4.78 is 39.6. The second-order valence-corrected chi connectivity index (χ2v) is 5.37. The highest BCUT2D eigenvalue weighted by atomic mass is 35.5. The van der Waals surface area contributed by atoms with E-state index in [0.717, 1.165) is 18.8 Å². The quantitative estimate of drug-likeness (QED) is 0.944. The summed E-state index contributed by atoms with van der Waals surface area (Å²) in [6.45, 7) is 1.22. The van der Waals surface area contributed by atoms with Gasteiger partial charge in [-0.15, -0.1) is 10.2 Å². The van der Waals surface area contributed by atoms with Crippen LogP contribution in [0, 0.1) is 5.92 Å². The van der Waals surface area contributed by atoms with Gasteiger partial charge in [-0.25, -0.2) is 0 Å². The molecule has 2 aromatic rings. The van der Waals surface area contributed by atoms with E-state index >= 15 is 0 Å². The molecule has 1 aliphatic rings. The molecule has 2 heterocycles. The molecule has 108 valence electrons. The third-order valence-corrected chi connectivity index (χ3v) is 3.55. The summed E-state index contributed by atoms with van der Waals surface area (Å²) in [5.41, 5.74) is -0.568. The Labute approximate surface area is 117 Å². The van der Waals surface area contributed by atoms with Gasteiger partial charge in [0.2, 0.25) is 0 Å². The molecule has 0 radical (unpaired) electrons. The molecular formula is C12H12ClF3N4. The number of aromatic nitrogens is 3. The lowest BCUT2D eigenvalue weighted by Gasteiger charge is -2.09. The third-order valence-electron chi connectivity index (χ3n) is 3.27.